The van der Waals surface area contributed by atoms with Crippen LogP contribution in [-0.4, -0.2) is 45.6 Å². The van der Waals surface area contributed by atoms with Gasteiger partial charge < -0.3 is 14.6 Å². The number of thioether (sulfide) groups is 1. The van der Waals surface area contributed by atoms with Crippen LogP contribution in [0.25, 0.3) is 11.8 Å². The molecule has 0 spiro atoms. The second-order valence-corrected chi connectivity index (χ2v) is 9.69. The lowest BCUT2D eigenvalue weighted by molar-refractivity contribution is -0.127. The lowest BCUT2D eigenvalue weighted by Crippen LogP contribution is -2.36. The number of benzene rings is 2. The predicted molar refractivity (Wildman–Crippen MR) is 144 cm³/mol. The molecule has 0 unspecified atom stereocenters. The number of ether oxygens (including phenoxy) is 1. The third-order valence-electron chi connectivity index (χ3n) is 5.66. The van der Waals surface area contributed by atoms with Crippen molar-refractivity contribution in [3.8, 4) is 5.69 Å². The molecule has 1 N–H and O–H groups in total. The molecule has 0 saturated carbocycles. The Hall–Kier alpha value is -3.82. The van der Waals surface area contributed by atoms with Crippen molar-refractivity contribution in [2.24, 2.45) is 0 Å². The number of amides is 3. The molecule has 4 rings (SSSR count). The summed E-state index contributed by atoms with van der Waals surface area (Å²) in [6, 6.07) is 15.6. The number of nitrogens with zero attached hydrogens (tertiary/aromatic N) is 2. The average Bonchev–Trinajstić information content (AvgIpc) is 3.28. The van der Waals surface area contributed by atoms with Crippen LogP contribution in [0.1, 0.15) is 34.2 Å². The van der Waals surface area contributed by atoms with Crippen molar-refractivity contribution >= 4 is 58.1 Å². The molecule has 3 aromatic rings. The van der Waals surface area contributed by atoms with Crippen molar-refractivity contribution < 1.29 is 23.9 Å². The Labute approximate surface area is 223 Å². The van der Waals surface area contributed by atoms with Crippen LogP contribution in [-0.2, 0) is 14.3 Å². The summed E-state index contributed by atoms with van der Waals surface area (Å²) in [7, 11) is 0. The van der Waals surface area contributed by atoms with Gasteiger partial charge in [0.2, 0.25) is 5.91 Å². The number of hydrogen-bond acceptors (Lipinski definition) is 6. The largest absolute Gasteiger partial charge is 0.462 e. The van der Waals surface area contributed by atoms with Crippen molar-refractivity contribution in [1.82, 2.24) is 9.47 Å². The third kappa shape index (κ3) is 5.79. The SMILES string of the molecule is CCOC(=O)c1cccc(-n2c(C)cc(/C=C3\SC(=O)N(CC(=O)Nc4cccc(Cl)c4)C3=O)c2C)c1. The van der Waals surface area contributed by atoms with Gasteiger partial charge in [0.05, 0.1) is 17.1 Å². The van der Waals surface area contributed by atoms with Gasteiger partial charge in [0.15, 0.2) is 0 Å². The zero-order chi connectivity index (χ0) is 26.7. The van der Waals surface area contributed by atoms with Crippen molar-refractivity contribution in [2.45, 2.75) is 20.8 Å². The number of nitrogens with one attached hydrogen (secondary N) is 1. The number of carbonyl (C=O) groups excluding carboxylic acids is 4. The Kier molecular flexibility index (Phi) is 7.85. The van der Waals surface area contributed by atoms with Gasteiger partial charge in [-0.3, -0.25) is 19.3 Å². The fourth-order valence-electron chi connectivity index (χ4n) is 4.01. The number of carbonyl (C=O) groups is 4. The maximum Gasteiger partial charge on any atom is 0.338 e. The topological polar surface area (TPSA) is 97.7 Å². The van der Waals surface area contributed by atoms with E-state index >= 15 is 0 Å². The zero-order valence-corrected chi connectivity index (χ0v) is 22.0. The Balaban J connectivity index is 1.54. The molecule has 2 aromatic carbocycles. The molecule has 0 bridgehead atoms. The van der Waals surface area contributed by atoms with Crippen LogP contribution in [0.15, 0.2) is 59.5 Å². The second-order valence-electron chi connectivity index (χ2n) is 8.26. The molecule has 0 radical (unpaired) electrons. The Morgan fingerprint density at radius 1 is 1.08 bits per heavy atom. The lowest BCUT2D eigenvalue weighted by Gasteiger charge is -2.12. The maximum absolute atomic E-state index is 13.0. The molecule has 190 valence electrons. The van der Waals surface area contributed by atoms with Crippen LogP contribution in [0, 0.1) is 13.8 Å². The monoisotopic (exact) mass is 537 g/mol. The van der Waals surface area contributed by atoms with Gasteiger partial charge in [-0.25, -0.2) is 4.79 Å². The summed E-state index contributed by atoms with van der Waals surface area (Å²) in [4.78, 5) is 51.3. The number of aromatic nitrogens is 1. The van der Waals surface area contributed by atoms with Crippen LogP contribution >= 0.6 is 23.4 Å². The first-order valence-corrected chi connectivity index (χ1v) is 12.6. The molecule has 37 heavy (non-hydrogen) atoms. The van der Waals surface area contributed by atoms with Gasteiger partial charge in [-0.1, -0.05) is 23.7 Å². The van der Waals surface area contributed by atoms with E-state index < -0.39 is 29.6 Å². The van der Waals surface area contributed by atoms with E-state index in [0.717, 1.165) is 39.3 Å². The zero-order valence-electron chi connectivity index (χ0n) is 20.4. The Morgan fingerprint density at radius 2 is 1.84 bits per heavy atom. The molecule has 0 aliphatic carbocycles. The van der Waals surface area contributed by atoms with E-state index in [1.807, 2.05) is 30.5 Å². The quantitative estimate of drug-likeness (QED) is 0.311. The Bertz CT molecular complexity index is 1450. The van der Waals surface area contributed by atoms with E-state index in [9.17, 15) is 19.2 Å². The highest BCUT2D eigenvalue weighted by atomic mass is 35.5. The molecule has 0 atom stereocenters. The first-order valence-electron chi connectivity index (χ1n) is 11.4. The molecule has 10 heteroatoms. The van der Waals surface area contributed by atoms with E-state index in [1.54, 1.807) is 55.5 Å². The number of anilines is 1. The number of rotatable bonds is 7. The maximum atomic E-state index is 13.0. The van der Waals surface area contributed by atoms with Crippen LogP contribution in [0.3, 0.4) is 0 Å². The third-order valence-corrected chi connectivity index (χ3v) is 6.80. The minimum Gasteiger partial charge on any atom is -0.462 e. The van der Waals surface area contributed by atoms with Crippen LogP contribution in [0.5, 0.6) is 0 Å². The first-order chi connectivity index (χ1) is 17.7. The fraction of sp³-hybridized carbons (Fsp3) is 0.185. The normalized spacial score (nSPS) is 14.4. The predicted octanol–water partition coefficient (Wildman–Crippen LogP) is 5.60. The highest BCUT2D eigenvalue weighted by Crippen LogP contribution is 2.34. The summed E-state index contributed by atoms with van der Waals surface area (Å²) < 4.78 is 7.06. The standard InChI is InChI=1S/C27H24ClN3O5S/c1-4-36-26(34)18-7-5-10-22(12-18)31-16(2)11-19(17(31)3)13-23-25(33)30(27(35)37-23)15-24(32)29-21-9-6-8-20(28)14-21/h5-14H,4,15H2,1-3H3,(H,29,32)/b23-13-. The fourth-order valence-corrected chi connectivity index (χ4v) is 5.02. The summed E-state index contributed by atoms with van der Waals surface area (Å²) in [5.41, 5.74) is 4.12. The van der Waals surface area contributed by atoms with Gasteiger partial charge in [-0.05, 0) is 86.6 Å². The van der Waals surface area contributed by atoms with Gasteiger partial charge >= 0.3 is 5.97 Å². The molecule has 3 amide bonds. The highest BCUT2D eigenvalue weighted by molar-refractivity contribution is 8.18. The van der Waals surface area contributed by atoms with Gasteiger partial charge in [0.25, 0.3) is 11.1 Å². The van der Waals surface area contributed by atoms with Crippen LogP contribution < -0.4 is 5.32 Å². The van der Waals surface area contributed by atoms with Gasteiger partial charge in [0, 0.05) is 27.8 Å². The molecule has 2 heterocycles. The first kappa shape index (κ1) is 26.2. The minimum absolute atomic E-state index is 0.223. The van der Waals surface area contributed by atoms with Crippen molar-refractivity contribution in [3.05, 3.63) is 87.0 Å². The van der Waals surface area contributed by atoms with E-state index in [-0.39, 0.29) is 11.5 Å². The van der Waals surface area contributed by atoms with E-state index in [1.165, 1.54) is 0 Å². The smallest absolute Gasteiger partial charge is 0.338 e. The number of halogens is 1. The summed E-state index contributed by atoms with van der Waals surface area (Å²) in [6.45, 7) is 5.42. The van der Waals surface area contributed by atoms with Gasteiger partial charge in [-0.15, -0.1) is 0 Å². The van der Waals surface area contributed by atoms with Crippen LogP contribution in [0.2, 0.25) is 5.02 Å². The summed E-state index contributed by atoms with van der Waals surface area (Å²) in [5.74, 6) is -1.45. The number of imide groups is 1. The van der Waals surface area contributed by atoms with Gasteiger partial charge in [-0.2, -0.15) is 0 Å². The average molecular weight is 538 g/mol. The van der Waals surface area contributed by atoms with Crippen molar-refractivity contribution in [2.75, 3.05) is 18.5 Å². The van der Waals surface area contributed by atoms with Crippen molar-refractivity contribution in [1.29, 1.82) is 0 Å². The summed E-state index contributed by atoms with van der Waals surface area (Å²) in [6.07, 6.45) is 1.65. The second kappa shape index (κ2) is 11.1. The summed E-state index contributed by atoms with van der Waals surface area (Å²) in [5, 5.41) is 2.57. The van der Waals surface area contributed by atoms with E-state index in [0.29, 0.717) is 16.3 Å². The molecular weight excluding hydrogens is 514 g/mol. The molecule has 1 fully saturated rings. The number of hydrogen-bond donors (Lipinski definition) is 1. The molecule has 1 aromatic heterocycles. The molecular formula is C27H24ClN3O5S. The molecule has 1 aliphatic rings. The highest BCUT2D eigenvalue weighted by Gasteiger charge is 2.36. The van der Waals surface area contributed by atoms with E-state index in [2.05, 4.69) is 5.32 Å². The van der Waals surface area contributed by atoms with E-state index in [4.69, 9.17) is 16.3 Å². The molecule has 1 saturated heterocycles. The van der Waals surface area contributed by atoms with Crippen molar-refractivity contribution in [3.63, 3.8) is 0 Å². The molecule has 1 aliphatic heterocycles. The van der Waals surface area contributed by atoms with Gasteiger partial charge in [0.1, 0.15) is 6.54 Å². The minimum atomic E-state index is -0.537. The number of esters is 1. The summed E-state index contributed by atoms with van der Waals surface area (Å²) >= 11 is 6.72. The lowest BCUT2D eigenvalue weighted by atomic mass is 10.2. The Morgan fingerprint density at radius 3 is 2.57 bits per heavy atom. The molecule has 8 nitrogen and oxygen atoms in total. The van der Waals surface area contributed by atoms with Crippen LogP contribution in [0.4, 0.5) is 10.5 Å². The number of aryl methyl sites for hydroxylation is 1.